The number of halogens is 1. The first-order valence-corrected chi connectivity index (χ1v) is 6.85. The maximum atomic E-state index is 5.91. The van der Waals surface area contributed by atoms with Gasteiger partial charge in [0.1, 0.15) is 5.75 Å². The van der Waals surface area contributed by atoms with Gasteiger partial charge < -0.3 is 4.74 Å². The van der Waals surface area contributed by atoms with E-state index in [4.69, 9.17) is 16.3 Å². The van der Waals surface area contributed by atoms with Crippen molar-refractivity contribution in [2.24, 2.45) is 11.3 Å². The van der Waals surface area contributed by atoms with Crippen LogP contribution in [0.25, 0.3) is 0 Å². The molecule has 1 rings (SSSR count). The lowest BCUT2D eigenvalue weighted by Gasteiger charge is -2.29. The highest BCUT2D eigenvalue weighted by Crippen LogP contribution is 2.29. The third kappa shape index (κ3) is 4.44. The van der Waals surface area contributed by atoms with Crippen LogP contribution < -0.4 is 4.74 Å². The summed E-state index contributed by atoms with van der Waals surface area (Å²) in [5.41, 5.74) is 1.28. The van der Waals surface area contributed by atoms with Gasteiger partial charge in [-0.3, -0.25) is 0 Å². The van der Waals surface area contributed by atoms with Crippen LogP contribution >= 0.6 is 24.2 Å². The van der Waals surface area contributed by atoms with Gasteiger partial charge in [0.2, 0.25) is 0 Å². The first-order chi connectivity index (χ1) is 7.84. The summed E-state index contributed by atoms with van der Waals surface area (Å²) >= 11 is 10.3. The van der Waals surface area contributed by atoms with Gasteiger partial charge in [-0.25, -0.2) is 0 Å². The van der Waals surface area contributed by atoms with E-state index in [9.17, 15) is 0 Å². The van der Waals surface area contributed by atoms with E-state index in [1.807, 2.05) is 25.1 Å². The largest absolute Gasteiger partial charge is 0.493 e. The zero-order chi connectivity index (χ0) is 13.1. The number of benzene rings is 1. The highest BCUT2D eigenvalue weighted by Gasteiger charge is 2.24. The molecule has 0 aromatic heterocycles. The lowest BCUT2D eigenvalue weighted by molar-refractivity contribution is 0.164. The van der Waals surface area contributed by atoms with E-state index in [0.29, 0.717) is 12.5 Å². The molecule has 0 saturated carbocycles. The fourth-order valence-electron chi connectivity index (χ4n) is 1.54. The second-order valence-corrected chi connectivity index (χ2v) is 6.27. The third-order valence-electron chi connectivity index (χ3n) is 3.02. The minimum Gasteiger partial charge on any atom is -0.493 e. The lowest BCUT2D eigenvalue weighted by atomic mass is 9.82. The van der Waals surface area contributed by atoms with Gasteiger partial charge in [-0.15, -0.1) is 0 Å². The van der Waals surface area contributed by atoms with Crippen molar-refractivity contribution in [3.8, 4) is 5.75 Å². The molecule has 1 aromatic rings. The van der Waals surface area contributed by atoms with E-state index < -0.39 is 0 Å². The van der Waals surface area contributed by atoms with Crippen molar-refractivity contribution in [3.63, 3.8) is 0 Å². The number of hydrogen-bond acceptors (Lipinski definition) is 2. The summed E-state index contributed by atoms with van der Waals surface area (Å²) in [5.74, 6) is 2.17. The number of thiol groups is 1. The first kappa shape index (κ1) is 14.7. The molecule has 0 aliphatic carbocycles. The van der Waals surface area contributed by atoms with Crippen molar-refractivity contribution >= 4 is 24.2 Å². The van der Waals surface area contributed by atoms with E-state index >= 15 is 0 Å². The molecule has 0 heterocycles. The molecule has 17 heavy (non-hydrogen) atoms. The predicted octanol–water partition coefficient (Wildman–Crippen LogP) is 4.62. The number of rotatable bonds is 4. The van der Waals surface area contributed by atoms with Crippen molar-refractivity contribution in [1.82, 2.24) is 0 Å². The SMILES string of the molecule is Cc1cc(Cl)ccc1OCC(CS)C(C)(C)C. The molecule has 0 bridgehead atoms. The average molecular weight is 273 g/mol. The number of ether oxygens (including phenoxy) is 1. The second kappa shape index (κ2) is 6.01. The first-order valence-electron chi connectivity index (χ1n) is 5.84. The van der Waals surface area contributed by atoms with Gasteiger partial charge in [-0.05, 0) is 41.9 Å². The van der Waals surface area contributed by atoms with E-state index in [-0.39, 0.29) is 5.41 Å². The molecular formula is C14H21ClOS. The Morgan fingerprint density at radius 1 is 1.35 bits per heavy atom. The summed E-state index contributed by atoms with van der Waals surface area (Å²) in [6, 6.07) is 5.70. The molecular weight excluding hydrogens is 252 g/mol. The molecule has 1 unspecified atom stereocenters. The van der Waals surface area contributed by atoms with Gasteiger partial charge in [-0.1, -0.05) is 32.4 Å². The van der Waals surface area contributed by atoms with Gasteiger partial charge in [0.05, 0.1) is 6.61 Å². The molecule has 0 spiro atoms. The van der Waals surface area contributed by atoms with Crippen molar-refractivity contribution in [2.45, 2.75) is 27.7 Å². The molecule has 0 amide bonds. The van der Waals surface area contributed by atoms with E-state index in [2.05, 4.69) is 33.4 Å². The van der Waals surface area contributed by atoms with Gasteiger partial charge in [0, 0.05) is 10.9 Å². The summed E-state index contributed by atoms with van der Waals surface area (Å²) in [4.78, 5) is 0. The molecule has 96 valence electrons. The summed E-state index contributed by atoms with van der Waals surface area (Å²) in [7, 11) is 0. The third-order valence-corrected chi connectivity index (χ3v) is 3.70. The van der Waals surface area contributed by atoms with Crippen molar-refractivity contribution in [1.29, 1.82) is 0 Å². The molecule has 3 heteroatoms. The Morgan fingerprint density at radius 2 is 2.00 bits per heavy atom. The van der Waals surface area contributed by atoms with Crippen molar-refractivity contribution in [3.05, 3.63) is 28.8 Å². The summed E-state index contributed by atoms with van der Waals surface area (Å²) in [6.07, 6.45) is 0. The molecule has 0 aliphatic heterocycles. The van der Waals surface area contributed by atoms with E-state index in [1.54, 1.807) is 0 Å². The summed E-state index contributed by atoms with van der Waals surface area (Å²) < 4.78 is 5.86. The van der Waals surface area contributed by atoms with Crippen LogP contribution in [0.1, 0.15) is 26.3 Å². The van der Waals surface area contributed by atoms with Crippen LogP contribution in [0.15, 0.2) is 18.2 Å². The van der Waals surface area contributed by atoms with E-state index in [0.717, 1.165) is 22.1 Å². The van der Waals surface area contributed by atoms with Crippen LogP contribution in [0, 0.1) is 18.3 Å². The monoisotopic (exact) mass is 272 g/mol. The van der Waals surface area contributed by atoms with Crippen LogP contribution in [0.5, 0.6) is 5.75 Å². The Hall–Kier alpha value is -0.340. The van der Waals surface area contributed by atoms with Crippen LogP contribution in [-0.2, 0) is 0 Å². The second-order valence-electron chi connectivity index (χ2n) is 5.47. The minimum atomic E-state index is 0.210. The normalized spacial score (nSPS) is 13.5. The van der Waals surface area contributed by atoms with Crippen molar-refractivity contribution in [2.75, 3.05) is 12.4 Å². The molecule has 0 radical (unpaired) electrons. The minimum absolute atomic E-state index is 0.210. The molecule has 1 nitrogen and oxygen atoms in total. The highest BCUT2D eigenvalue weighted by molar-refractivity contribution is 7.80. The van der Waals surface area contributed by atoms with Crippen LogP contribution in [-0.4, -0.2) is 12.4 Å². The smallest absolute Gasteiger partial charge is 0.122 e. The van der Waals surface area contributed by atoms with Crippen LogP contribution in [0.3, 0.4) is 0 Å². The summed E-state index contributed by atoms with van der Waals surface area (Å²) in [6.45, 7) is 9.34. The van der Waals surface area contributed by atoms with Gasteiger partial charge in [-0.2, -0.15) is 12.6 Å². The summed E-state index contributed by atoms with van der Waals surface area (Å²) in [5, 5.41) is 0.747. The Kier molecular flexibility index (Phi) is 5.21. The molecule has 0 N–H and O–H groups in total. The quantitative estimate of drug-likeness (QED) is 0.787. The Bertz CT molecular complexity index is 371. The number of aryl methyl sites for hydroxylation is 1. The van der Waals surface area contributed by atoms with Gasteiger partial charge >= 0.3 is 0 Å². The predicted molar refractivity (Wildman–Crippen MR) is 78.5 cm³/mol. The van der Waals surface area contributed by atoms with Gasteiger partial charge in [0.15, 0.2) is 0 Å². The van der Waals surface area contributed by atoms with Crippen LogP contribution in [0.2, 0.25) is 5.02 Å². The molecule has 1 aromatic carbocycles. The standard InChI is InChI=1S/C14H21ClOS/c1-10-7-12(15)5-6-13(10)16-8-11(9-17)14(2,3)4/h5-7,11,17H,8-9H2,1-4H3. The topological polar surface area (TPSA) is 9.23 Å². The number of hydrogen-bond donors (Lipinski definition) is 1. The average Bonchev–Trinajstić information content (AvgIpc) is 2.19. The lowest BCUT2D eigenvalue weighted by Crippen LogP contribution is -2.28. The Labute approximate surface area is 115 Å². The van der Waals surface area contributed by atoms with Gasteiger partial charge in [0.25, 0.3) is 0 Å². The van der Waals surface area contributed by atoms with E-state index in [1.165, 1.54) is 0 Å². The maximum Gasteiger partial charge on any atom is 0.122 e. The maximum absolute atomic E-state index is 5.91. The molecule has 0 fully saturated rings. The molecule has 0 saturated heterocycles. The highest BCUT2D eigenvalue weighted by atomic mass is 35.5. The Balaban J connectivity index is 2.66. The fraction of sp³-hybridized carbons (Fsp3) is 0.571. The molecule has 0 aliphatic rings. The molecule has 1 atom stereocenters. The van der Waals surface area contributed by atoms with Crippen LogP contribution in [0.4, 0.5) is 0 Å². The Morgan fingerprint density at radius 3 is 2.47 bits per heavy atom. The zero-order valence-corrected chi connectivity index (χ0v) is 12.6. The van der Waals surface area contributed by atoms with Crippen molar-refractivity contribution < 1.29 is 4.74 Å². The fourth-order valence-corrected chi connectivity index (χ4v) is 2.42. The zero-order valence-electron chi connectivity index (χ0n) is 11.0.